The highest BCUT2D eigenvalue weighted by Gasteiger charge is 2.16. The van der Waals surface area contributed by atoms with Gasteiger partial charge >= 0.3 is 5.97 Å². The molecule has 1 rings (SSSR count). The highest BCUT2D eigenvalue weighted by Crippen LogP contribution is 2.23. The molecule has 0 bridgehead atoms. The molecule has 0 aliphatic heterocycles. The lowest BCUT2D eigenvalue weighted by Gasteiger charge is -2.19. The quantitative estimate of drug-likeness (QED) is 0.422. The van der Waals surface area contributed by atoms with Crippen LogP contribution in [-0.4, -0.2) is 25.5 Å². The zero-order valence-electron chi connectivity index (χ0n) is 12.4. The van der Waals surface area contributed by atoms with Gasteiger partial charge in [0.25, 0.3) is 0 Å². The largest absolute Gasteiger partial charge is 0.466 e. The lowest BCUT2D eigenvalue weighted by atomic mass is 10.1. The Labute approximate surface area is 133 Å². The zero-order valence-corrected chi connectivity index (χ0v) is 14.5. The van der Waals surface area contributed by atoms with Gasteiger partial charge in [0.05, 0.1) is 3.57 Å². The molecule has 0 aliphatic rings. The molecule has 0 aliphatic carbocycles. The predicted octanol–water partition coefficient (Wildman–Crippen LogP) is 3.55. The van der Waals surface area contributed by atoms with Gasteiger partial charge in [0.2, 0.25) is 0 Å². The third-order valence-electron chi connectivity index (χ3n) is 2.37. The molecule has 0 fully saturated rings. The van der Waals surface area contributed by atoms with Crippen LogP contribution in [0.2, 0.25) is 0 Å². The second-order valence-corrected chi connectivity index (χ2v) is 6.56. The van der Waals surface area contributed by atoms with E-state index in [1.54, 1.807) is 7.11 Å². The molecule has 0 heterocycles. The SMILES string of the molecule is COCOc1cc(CCC(=O)OC(C)(C)C)ccc1I. The lowest BCUT2D eigenvalue weighted by Crippen LogP contribution is -2.24. The molecule has 0 saturated heterocycles. The topological polar surface area (TPSA) is 44.8 Å². The van der Waals surface area contributed by atoms with Crippen LogP contribution in [0, 0.1) is 3.57 Å². The minimum atomic E-state index is -0.435. The smallest absolute Gasteiger partial charge is 0.306 e. The van der Waals surface area contributed by atoms with E-state index in [2.05, 4.69) is 22.6 Å². The van der Waals surface area contributed by atoms with Gasteiger partial charge in [0.15, 0.2) is 6.79 Å². The van der Waals surface area contributed by atoms with Gasteiger partial charge < -0.3 is 14.2 Å². The van der Waals surface area contributed by atoms with Gasteiger partial charge in [-0.15, -0.1) is 0 Å². The van der Waals surface area contributed by atoms with E-state index >= 15 is 0 Å². The molecule has 20 heavy (non-hydrogen) atoms. The molecule has 5 heteroatoms. The highest BCUT2D eigenvalue weighted by atomic mass is 127. The maximum Gasteiger partial charge on any atom is 0.306 e. The summed E-state index contributed by atoms with van der Waals surface area (Å²) in [5.41, 5.74) is 0.609. The van der Waals surface area contributed by atoms with E-state index in [0.29, 0.717) is 12.8 Å². The molecule has 0 radical (unpaired) electrons. The minimum Gasteiger partial charge on any atom is -0.466 e. The molecule has 0 atom stereocenters. The molecule has 0 N–H and O–H groups in total. The maximum absolute atomic E-state index is 11.7. The Morgan fingerprint density at radius 3 is 2.60 bits per heavy atom. The van der Waals surface area contributed by atoms with Crippen LogP contribution in [0.25, 0.3) is 0 Å². The van der Waals surface area contributed by atoms with Crippen LogP contribution in [0.1, 0.15) is 32.8 Å². The summed E-state index contributed by atoms with van der Waals surface area (Å²) < 4.78 is 16.7. The average molecular weight is 392 g/mol. The monoisotopic (exact) mass is 392 g/mol. The van der Waals surface area contributed by atoms with Gasteiger partial charge in [0, 0.05) is 13.5 Å². The van der Waals surface area contributed by atoms with E-state index in [9.17, 15) is 4.79 Å². The van der Waals surface area contributed by atoms with Crippen LogP contribution in [0.4, 0.5) is 0 Å². The molecule has 0 saturated carbocycles. The van der Waals surface area contributed by atoms with Gasteiger partial charge in [0.1, 0.15) is 11.4 Å². The number of aryl methyl sites for hydroxylation is 1. The summed E-state index contributed by atoms with van der Waals surface area (Å²) >= 11 is 2.20. The first-order chi connectivity index (χ1) is 9.31. The van der Waals surface area contributed by atoms with Crippen molar-refractivity contribution in [3.63, 3.8) is 0 Å². The molecule has 1 aromatic carbocycles. The van der Waals surface area contributed by atoms with Gasteiger partial charge in [-0.3, -0.25) is 4.79 Å². The fraction of sp³-hybridized carbons (Fsp3) is 0.533. The van der Waals surface area contributed by atoms with E-state index in [0.717, 1.165) is 14.9 Å². The molecular weight excluding hydrogens is 371 g/mol. The summed E-state index contributed by atoms with van der Waals surface area (Å²) in [6.07, 6.45) is 0.997. The van der Waals surface area contributed by atoms with E-state index in [4.69, 9.17) is 14.2 Å². The van der Waals surface area contributed by atoms with Crippen molar-refractivity contribution in [1.82, 2.24) is 0 Å². The third kappa shape index (κ3) is 6.56. The Kier molecular flexibility index (Phi) is 6.75. The van der Waals surface area contributed by atoms with E-state index in [1.807, 2.05) is 39.0 Å². The van der Waals surface area contributed by atoms with E-state index in [1.165, 1.54) is 0 Å². The summed E-state index contributed by atoms with van der Waals surface area (Å²) in [5.74, 6) is 0.588. The second-order valence-electron chi connectivity index (χ2n) is 5.40. The van der Waals surface area contributed by atoms with Crippen molar-refractivity contribution in [3.8, 4) is 5.75 Å². The first kappa shape index (κ1) is 17.2. The van der Waals surface area contributed by atoms with Crippen molar-refractivity contribution in [2.45, 2.75) is 39.2 Å². The molecular formula is C15H21IO4. The molecule has 112 valence electrons. The summed E-state index contributed by atoms with van der Waals surface area (Å²) in [7, 11) is 1.58. The number of rotatable bonds is 6. The number of esters is 1. The number of halogens is 1. The Balaban J connectivity index is 2.58. The number of methoxy groups -OCH3 is 1. The standard InChI is InChI=1S/C15H21IO4/c1-15(2,3)20-14(17)8-6-11-5-7-12(16)13(9-11)19-10-18-4/h5,7,9H,6,8,10H2,1-4H3. The number of carbonyl (C=O) groups is 1. The first-order valence-corrected chi connectivity index (χ1v) is 7.51. The van der Waals surface area contributed by atoms with Crippen molar-refractivity contribution < 1.29 is 19.0 Å². The van der Waals surface area contributed by atoms with Gasteiger partial charge in [-0.1, -0.05) is 6.07 Å². The fourth-order valence-electron chi connectivity index (χ4n) is 1.58. The van der Waals surface area contributed by atoms with Crippen LogP contribution in [0.3, 0.4) is 0 Å². The Hall–Kier alpha value is -0.820. The summed E-state index contributed by atoms with van der Waals surface area (Å²) in [6.45, 7) is 5.82. The molecule has 0 amide bonds. The van der Waals surface area contributed by atoms with Crippen molar-refractivity contribution in [2.75, 3.05) is 13.9 Å². The number of ether oxygens (including phenoxy) is 3. The van der Waals surface area contributed by atoms with Crippen molar-refractivity contribution in [1.29, 1.82) is 0 Å². The fourth-order valence-corrected chi connectivity index (χ4v) is 2.07. The van der Waals surface area contributed by atoms with E-state index < -0.39 is 5.60 Å². The van der Waals surface area contributed by atoms with E-state index in [-0.39, 0.29) is 12.8 Å². The first-order valence-electron chi connectivity index (χ1n) is 6.44. The maximum atomic E-state index is 11.7. The van der Waals surface area contributed by atoms with Crippen LogP contribution in [0.5, 0.6) is 5.75 Å². The number of benzene rings is 1. The molecule has 1 aromatic rings. The zero-order chi connectivity index (χ0) is 15.2. The lowest BCUT2D eigenvalue weighted by molar-refractivity contribution is -0.154. The second kappa shape index (κ2) is 7.83. The van der Waals surface area contributed by atoms with Gasteiger partial charge in [-0.05, 0) is 67.5 Å². The summed E-state index contributed by atoms with van der Waals surface area (Å²) in [4.78, 5) is 11.7. The van der Waals surface area contributed by atoms with Crippen LogP contribution < -0.4 is 4.74 Å². The summed E-state index contributed by atoms with van der Waals surface area (Å²) in [5, 5.41) is 0. The van der Waals surface area contributed by atoms with Crippen molar-refractivity contribution in [3.05, 3.63) is 27.3 Å². The average Bonchev–Trinajstić information content (AvgIpc) is 2.34. The molecule has 0 unspecified atom stereocenters. The highest BCUT2D eigenvalue weighted by molar-refractivity contribution is 14.1. The van der Waals surface area contributed by atoms with Gasteiger partial charge in [-0.2, -0.15) is 0 Å². The normalized spacial score (nSPS) is 11.2. The summed E-state index contributed by atoms with van der Waals surface area (Å²) in [6, 6.07) is 5.90. The number of hydrogen-bond donors (Lipinski definition) is 0. The molecule has 4 nitrogen and oxygen atoms in total. The number of carbonyl (C=O) groups excluding carboxylic acids is 1. The van der Waals surface area contributed by atoms with Crippen LogP contribution in [-0.2, 0) is 20.7 Å². The number of hydrogen-bond acceptors (Lipinski definition) is 4. The van der Waals surface area contributed by atoms with Crippen molar-refractivity contribution >= 4 is 28.6 Å². The predicted molar refractivity (Wildman–Crippen MR) is 85.8 cm³/mol. The third-order valence-corrected chi connectivity index (χ3v) is 3.26. The van der Waals surface area contributed by atoms with Gasteiger partial charge in [-0.25, -0.2) is 0 Å². The Morgan fingerprint density at radius 1 is 1.30 bits per heavy atom. The Bertz CT molecular complexity index is 452. The molecule has 0 aromatic heterocycles. The van der Waals surface area contributed by atoms with Crippen molar-refractivity contribution in [2.24, 2.45) is 0 Å². The molecule has 0 spiro atoms. The van der Waals surface area contributed by atoms with Crippen LogP contribution >= 0.6 is 22.6 Å². The van der Waals surface area contributed by atoms with Crippen LogP contribution in [0.15, 0.2) is 18.2 Å². The minimum absolute atomic E-state index is 0.185. The Morgan fingerprint density at radius 2 is 2.00 bits per heavy atom.